The Hall–Kier alpha value is -1.37. The van der Waals surface area contributed by atoms with Gasteiger partial charge in [0, 0.05) is 0 Å². The molecule has 0 N–H and O–H groups in total. The van der Waals surface area contributed by atoms with E-state index in [2.05, 4.69) is 13.2 Å². The molecule has 0 heterocycles. The number of hydrogen-bond donors (Lipinski definition) is 0. The first-order valence-electron chi connectivity index (χ1n) is 4.22. The third-order valence-corrected chi connectivity index (χ3v) is 2.12. The van der Waals surface area contributed by atoms with Crippen molar-refractivity contribution in [3.8, 4) is 0 Å². The summed E-state index contributed by atoms with van der Waals surface area (Å²) in [5.74, 6) is 0.00765. The van der Waals surface area contributed by atoms with E-state index < -0.39 is 0 Å². The highest BCUT2D eigenvalue weighted by atomic mass is 19.1. The normalized spacial score (nSPS) is 12.2. The molecule has 1 heteroatoms. The van der Waals surface area contributed by atoms with Crippen LogP contribution in [0.1, 0.15) is 12.5 Å². The van der Waals surface area contributed by atoms with Crippen LogP contribution in [0.3, 0.4) is 0 Å². The fourth-order valence-electron chi connectivity index (χ4n) is 1.07. The first-order chi connectivity index (χ1) is 6.15. The number of benzene rings is 1. The van der Waals surface area contributed by atoms with Crippen molar-refractivity contribution in [3.63, 3.8) is 0 Å². The monoisotopic (exact) mass is 176 g/mol. The van der Waals surface area contributed by atoms with Crippen LogP contribution in [0.5, 0.6) is 0 Å². The Morgan fingerprint density at radius 3 is 2.38 bits per heavy atom. The lowest BCUT2D eigenvalue weighted by Crippen LogP contribution is -1.93. The van der Waals surface area contributed by atoms with Crippen LogP contribution in [-0.4, -0.2) is 0 Å². The summed E-state index contributed by atoms with van der Waals surface area (Å²) in [6, 6.07) is 6.35. The fourth-order valence-corrected chi connectivity index (χ4v) is 1.07. The molecule has 0 nitrogen and oxygen atoms in total. The van der Waals surface area contributed by atoms with E-state index in [1.54, 1.807) is 12.1 Å². The molecule has 0 spiro atoms. The number of halogens is 1. The van der Waals surface area contributed by atoms with Crippen LogP contribution in [-0.2, 0) is 0 Å². The minimum Gasteiger partial charge on any atom is -0.207 e. The van der Waals surface area contributed by atoms with Crippen LogP contribution >= 0.6 is 0 Å². The number of allylic oxidation sites excluding steroid dienone is 2. The molecule has 13 heavy (non-hydrogen) atoms. The molecule has 1 aromatic rings. The van der Waals surface area contributed by atoms with Crippen LogP contribution < -0.4 is 0 Å². The highest BCUT2D eigenvalue weighted by Gasteiger charge is 2.04. The third kappa shape index (κ3) is 2.28. The predicted molar refractivity (Wildman–Crippen MR) is 54.8 cm³/mol. The quantitative estimate of drug-likeness (QED) is 0.616. The molecule has 0 saturated heterocycles. The van der Waals surface area contributed by atoms with E-state index >= 15 is 0 Å². The minimum atomic E-state index is -0.220. The van der Waals surface area contributed by atoms with Crippen LogP contribution in [0.2, 0.25) is 0 Å². The van der Waals surface area contributed by atoms with E-state index in [1.165, 1.54) is 12.1 Å². The second-order valence-electron chi connectivity index (χ2n) is 3.06. The molecule has 0 amide bonds. The van der Waals surface area contributed by atoms with Gasteiger partial charge in [-0.1, -0.05) is 31.7 Å². The Morgan fingerprint density at radius 1 is 1.38 bits per heavy atom. The molecule has 0 aromatic heterocycles. The molecule has 0 aliphatic carbocycles. The first-order valence-corrected chi connectivity index (χ1v) is 4.22. The maximum Gasteiger partial charge on any atom is 0.123 e. The van der Waals surface area contributed by atoms with Crippen molar-refractivity contribution >= 4 is 5.57 Å². The average molecular weight is 176 g/mol. The van der Waals surface area contributed by atoms with Gasteiger partial charge in [-0.3, -0.25) is 0 Å². The van der Waals surface area contributed by atoms with E-state index in [0.29, 0.717) is 0 Å². The highest BCUT2D eigenvalue weighted by molar-refractivity contribution is 5.66. The lowest BCUT2D eigenvalue weighted by atomic mass is 9.96. The van der Waals surface area contributed by atoms with Crippen molar-refractivity contribution in [2.75, 3.05) is 0 Å². The molecule has 0 radical (unpaired) electrons. The zero-order chi connectivity index (χ0) is 9.84. The maximum absolute atomic E-state index is 12.6. The largest absolute Gasteiger partial charge is 0.207 e. The van der Waals surface area contributed by atoms with E-state index in [-0.39, 0.29) is 11.7 Å². The molecule has 1 aromatic carbocycles. The van der Waals surface area contributed by atoms with Gasteiger partial charge in [0.1, 0.15) is 5.82 Å². The molecule has 0 saturated carbocycles. The Balaban J connectivity index is 2.89. The van der Waals surface area contributed by atoms with Crippen molar-refractivity contribution in [2.45, 2.75) is 6.92 Å². The Bertz CT molecular complexity index is 308. The van der Waals surface area contributed by atoms with Crippen LogP contribution in [0, 0.1) is 11.7 Å². The SMILES string of the molecule is C=CC(C)C(=C)c1ccc(F)cc1. The van der Waals surface area contributed by atoms with Crippen LogP contribution in [0.4, 0.5) is 4.39 Å². The zero-order valence-corrected chi connectivity index (χ0v) is 7.76. The minimum absolute atomic E-state index is 0.220. The Kier molecular flexibility index (Phi) is 3.02. The smallest absolute Gasteiger partial charge is 0.123 e. The van der Waals surface area contributed by atoms with Gasteiger partial charge in [0.05, 0.1) is 0 Å². The molecule has 0 fully saturated rings. The molecule has 1 atom stereocenters. The second kappa shape index (κ2) is 4.04. The lowest BCUT2D eigenvalue weighted by Gasteiger charge is -2.09. The van der Waals surface area contributed by atoms with Crippen molar-refractivity contribution < 1.29 is 4.39 Å². The molecule has 0 aliphatic rings. The number of rotatable bonds is 3. The van der Waals surface area contributed by atoms with Crippen molar-refractivity contribution in [1.29, 1.82) is 0 Å². The molecular weight excluding hydrogens is 163 g/mol. The summed E-state index contributed by atoms with van der Waals surface area (Å²) in [6.07, 6.45) is 1.83. The standard InChI is InChI=1S/C12H13F/c1-4-9(2)10(3)11-5-7-12(13)8-6-11/h4-9H,1,3H2,2H3. The van der Waals surface area contributed by atoms with Crippen LogP contribution in [0.25, 0.3) is 5.57 Å². The third-order valence-electron chi connectivity index (χ3n) is 2.12. The first kappa shape index (κ1) is 9.72. The lowest BCUT2D eigenvalue weighted by molar-refractivity contribution is 0.627. The second-order valence-corrected chi connectivity index (χ2v) is 3.06. The molecule has 0 aliphatic heterocycles. The van der Waals surface area contributed by atoms with Crippen molar-refractivity contribution in [3.05, 3.63) is 54.9 Å². The van der Waals surface area contributed by atoms with E-state index in [1.807, 2.05) is 13.0 Å². The zero-order valence-electron chi connectivity index (χ0n) is 7.76. The van der Waals surface area contributed by atoms with Crippen LogP contribution in [0.15, 0.2) is 43.5 Å². The topological polar surface area (TPSA) is 0 Å². The number of hydrogen-bond acceptors (Lipinski definition) is 0. The molecule has 1 rings (SSSR count). The highest BCUT2D eigenvalue weighted by Crippen LogP contribution is 2.21. The molecular formula is C12H13F. The summed E-state index contributed by atoms with van der Waals surface area (Å²) in [4.78, 5) is 0. The van der Waals surface area contributed by atoms with E-state index in [9.17, 15) is 4.39 Å². The summed E-state index contributed by atoms with van der Waals surface area (Å²) in [5, 5.41) is 0. The fraction of sp³-hybridized carbons (Fsp3) is 0.167. The van der Waals surface area contributed by atoms with Gasteiger partial charge in [0.15, 0.2) is 0 Å². The van der Waals surface area contributed by atoms with Gasteiger partial charge in [-0.2, -0.15) is 0 Å². The van der Waals surface area contributed by atoms with Crippen molar-refractivity contribution in [1.82, 2.24) is 0 Å². The van der Waals surface area contributed by atoms with Gasteiger partial charge >= 0.3 is 0 Å². The van der Waals surface area contributed by atoms with E-state index in [4.69, 9.17) is 0 Å². The van der Waals surface area contributed by atoms with Gasteiger partial charge in [0.2, 0.25) is 0 Å². The van der Waals surface area contributed by atoms with Gasteiger partial charge in [-0.25, -0.2) is 4.39 Å². The average Bonchev–Trinajstić information content (AvgIpc) is 2.17. The van der Waals surface area contributed by atoms with Gasteiger partial charge in [-0.05, 0) is 29.2 Å². The maximum atomic E-state index is 12.6. The van der Waals surface area contributed by atoms with Gasteiger partial charge in [-0.15, -0.1) is 6.58 Å². The summed E-state index contributed by atoms with van der Waals surface area (Å²) < 4.78 is 12.6. The van der Waals surface area contributed by atoms with Gasteiger partial charge < -0.3 is 0 Å². The van der Waals surface area contributed by atoms with E-state index in [0.717, 1.165) is 11.1 Å². The molecule has 0 bridgehead atoms. The van der Waals surface area contributed by atoms with Crippen molar-refractivity contribution in [2.24, 2.45) is 5.92 Å². The summed E-state index contributed by atoms with van der Waals surface area (Å²) in [5.41, 5.74) is 1.93. The summed E-state index contributed by atoms with van der Waals surface area (Å²) in [7, 11) is 0. The molecule has 68 valence electrons. The summed E-state index contributed by atoms with van der Waals surface area (Å²) in [6.45, 7) is 9.63. The Morgan fingerprint density at radius 2 is 1.92 bits per heavy atom. The molecule has 1 unspecified atom stereocenters. The summed E-state index contributed by atoms with van der Waals surface area (Å²) >= 11 is 0. The van der Waals surface area contributed by atoms with Gasteiger partial charge in [0.25, 0.3) is 0 Å². The Labute approximate surface area is 78.4 Å². The predicted octanol–water partition coefficient (Wildman–Crippen LogP) is 3.66.